The summed E-state index contributed by atoms with van der Waals surface area (Å²) in [6, 6.07) is 16.3. The van der Waals surface area contributed by atoms with Gasteiger partial charge < -0.3 is 10.6 Å². The van der Waals surface area contributed by atoms with Crippen LogP contribution in [0, 0.1) is 28.9 Å². The molecule has 6 heteroatoms. The number of nitrogens with zero attached hydrogens (tertiary/aromatic N) is 2. The van der Waals surface area contributed by atoms with Gasteiger partial charge in [0, 0.05) is 22.5 Å². The van der Waals surface area contributed by atoms with Gasteiger partial charge in [0.15, 0.2) is 0 Å². The zero-order chi connectivity index (χ0) is 17.4. The second-order valence-corrected chi connectivity index (χ2v) is 5.71. The van der Waals surface area contributed by atoms with Gasteiger partial charge in [-0.1, -0.05) is 17.7 Å². The molecule has 0 aliphatic carbocycles. The standard InChI is InChI=1S/C18H14N4OS/c1-13-2-4-16(5-3-13)22-18(23)14(10-19)11-21-15-6-8-17(9-7-15)24-12-20/h2-9,11,21H,1H3,(H,22,23)/b14-11-. The number of amides is 1. The predicted molar refractivity (Wildman–Crippen MR) is 95.0 cm³/mol. The van der Waals surface area contributed by atoms with Gasteiger partial charge in [0.1, 0.15) is 17.0 Å². The van der Waals surface area contributed by atoms with E-state index in [0.29, 0.717) is 11.4 Å². The summed E-state index contributed by atoms with van der Waals surface area (Å²) in [5, 5.41) is 25.3. The van der Waals surface area contributed by atoms with Crippen LogP contribution in [0.1, 0.15) is 5.56 Å². The third-order valence-corrected chi connectivity index (χ3v) is 3.67. The molecule has 0 radical (unpaired) electrons. The van der Waals surface area contributed by atoms with Crippen molar-refractivity contribution in [2.24, 2.45) is 0 Å². The first-order valence-corrected chi connectivity index (χ1v) is 7.85. The molecule has 5 nitrogen and oxygen atoms in total. The molecule has 2 aromatic rings. The molecular formula is C18H14N4OS. The van der Waals surface area contributed by atoms with Gasteiger partial charge in [-0.05, 0) is 55.1 Å². The normalized spacial score (nSPS) is 10.4. The molecule has 0 aliphatic rings. The van der Waals surface area contributed by atoms with Crippen LogP contribution in [-0.2, 0) is 4.79 Å². The number of hydrogen-bond donors (Lipinski definition) is 2. The largest absolute Gasteiger partial charge is 0.360 e. The van der Waals surface area contributed by atoms with Gasteiger partial charge in [-0.15, -0.1) is 0 Å². The van der Waals surface area contributed by atoms with Crippen LogP contribution in [0.4, 0.5) is 11.4 Å². The number of nitrogens with one attached hydrogen (secondary N) is 2. The molecule has 2 aromatic carbocycles. The summed E-state index contributed by atoms with van der Waals surface area (Å²) in [5.74, 6) is -0.481. The van der Waals surface area contributed by atoms with Crippen LogP contribution in [-0.4, -0.2) is 5.91 Å². The molecule has 24 heavy (non-hydrogen) atoms. The van der Waals surface area contributed by atoms with E-state index >= 15 is 0 Å². The molecule has 0 bridgehead atoms. The highest BCUT2D eigenvalue weighted by Crippen LogP contribution is 2.19. The Morgan fingerprint density at radius 2 is 1.67 bits per heavy atom. The molecule has 0 heterocycles. The van der Waals surface area contributed by atoms with E-state index in [1.807, 2.05) is 30.5 Å². The number of nitriles is 2. The Morgan fingerprint density at radius 1 is 1.04 bits per heavy atom. The molecule has 1 amide bonds. The number of aryl methyl sites for hydroxylation is 1. The zero-order valence-corrected chi connectivity index (χ0v) is 13.7. The summed E-state index contributed by atoms with van der Waals surface area (Å²) >= 11 is 1.07. The lowest BCUT2D eigenvalue weighted by Crippen LogP contribution is -2.14. The van der Waals surface area contributed by atoms with E-state index in [1.165, 1.54) is 6.20 Å². The number of carbonyl (C=O) groups excluding carboxylic acids is 1. The minimum Gasteiger partial charge on any atom is -0.360 e. The minimum atomic E-state index is -0.481. The fourth-order valence-electron chi connectivity index (χ4n) is 1.81. The van der Waals surface area contributed by atoms with Gasteiger partial charge >= 0.3 is 0 Å². The first kappa shape index (κ1) is 17.1. The zero-order valence-electron chi connectivity index (χ0n) is 12.9. The highest BCUT2D eigenvalue weighted by atomic mass is 32.2. The molecule has 0 aromatic heterocycles. The maximum atomic E-state index is 12.1. The van der Waals surface area contributed by atoms with Crippen LogP contribution < -0.4 is 10.6 Å². The maximum absolute atomic E-state index is 12.1. The fraction of sp³-hybridized carbons (Fsp3) is 0.0556. The first-order valence-electron chi connectivity index (χ1n) is 7.03. The second-order valence-electron chi connectivity index (χ2n) is 4.85. The van der Waals surface area contributed by atoms with E-state index in [1.54, 1.807) is 36.4 Å². The Hall–Kier alpha value is -3.22. The monoisotopic (exact) mass is 334 g/mol. The highest BCUT2D eigenvalue weighted by Gasteiger charge is 2.09. The number of thiocyanates is 1. The number of benzene rings is 2. The molecule has 0 fully saturated rings. The summed E-state index contributed by atoms with van der Waals surface area (Å²) < 4.78 is 0. The van der Waals surface area contributed by atoms with Crippen molar-refractivity contribution in [2.75, 3.05) is 10.6 Å². The molecule has 0 saturated heterocycles. The highest BCUT2D eigenvalue weighted by molar-refractivity contribution is 8.03. The lowest BCUT2D eigenvalue weighted by molar-refractivity contribution is -0.112. The van der Waals surface area contributed by atoms with Crippen LogP contribution in [0.5, 0.6) is 0 Å². The van der Waals surface area contributed by atoms with Crippen molar-refractivity contribution in [3.05, 3.63) is 65.9 Å². The number of carbonyl (C=O) groups is 1. The molecule has 0 saturated carbocycles. The Morgan fingerprint density at radius 3 is 2.25 bits per heavy atom. The molecule has 0 spiro atoms. The van der Waals surface area contributed by atoms with Crippen molar-refractivity contribution in [2.45, 2.75) is 11.8 Å². The lowest BCUT2D eigenvalue weighted by atomic mass is 10.2. The first-order chi connectivity index (χ1) is 11.6. The van der Waals surface area contributed by atoms with Crippen LogP contribution in [0.25, 0.3) is 0 Å². The van der Waals surface area contributed by atoms with Crippen molar-refractivity contribution in [1.82, 2.24) is 0 Å². The summed E-state index contributed by atoms with van der Waals surface area (Å²) in [6.07, 6.45) is 1.36. The van der Waals surface area contributed by atoms with E-state index < -0.39 is 5.91 Å². The minimum absolute atomic E-state index is 0.0361. The molecular weight excluding hydrogens is 320 g/mol. The number of hydrogen-bond acceptors (Lipinski definition) is 5. The quantitative estimate of drug-likeness (QED) is 0.373. The van der Waals surface area contributed by atoms with E-state index in [4.69, 9.17) is 10.5 Å². The lowest BCUT2D eigenvalue weighted by Gasteiger charge is -2.06. The number of thioether (sulfide) groups is 1. The van der Waals surface area contributed by atoms with Gasteiger partial charge in [0.05, 0.1) is 0 Å². The molecule has 118 valence electrons. The van der Waals surface area contributed by atoms with Crippen molar-refractivity contribution in [3.8, 4) is 11.5 Å². The van der Waals surface area contributed by atoms with Gasteiger partial charge in [0.25, 0.3) is 5.91 Å². The Bertz CT molecular complexity index is 827. The molecule has 2 rings (SSSR count). The Labute approximate surface area is 144 Å². The summed E-state index contributed by atoms with van der Waals surface area (Å²) in [6.45, 7) is 1.95. The van der Waals surface area contributed by atoms with Crippen LogP contribution in [0.3, 0.4) is 0 Å². The van der Waals surface area contributed by atoms with Crippen LogP contribution in [0.2, 0.25) is 0 Å². The topological polar surface area (TPSA) is 88.7 Å². The van der Waals surface area contributed by atoms with E-state index in [-0.39, 0.29) is 5.57 Å². The molecule has 0 aliphatic heterocycles. The van der Waals surface area contributed by atoms with Crippen molar-refractivity contribution in [1.29, 1.82) is 10.5 Å². The smallest absolute Gasteiger partial charge is 0.267 e. The molecule has 2 N–H and O–H groups in total. The van der Waals surface area contributed by atoms with E-state index in [0.717, 1.165) is 22.2 Å². The number of anilines is 2. The molecule has 0 unspecified atom stereocenters. The van der Waals surface area contributed by atoms with Crippen LogP contribution >= 0.6 is 11.8 Å². The SMILES string of the molecule is Cc1ccc(NC(=O)/C(C#N)=C\Nc2ccc(SC#N)cc2)cc1. The van der Waals surface area contributed by atoms with Crippen molar-refractivity contribution < 1.29 is 4.79 Å². The summed E-state index contributed by atoms with van der Waals surface area (Å²) in [4.78, 5) is 12.9. The molecule has 0 atom stereocenters. The van der Waals surface area contributed by atoms with Crippen LogP contribution in [0.15, 0.2) is 65.2 Å². The maximum Gasteiger partial charge on any atom is 0.267 e. The second kappa shape index (κ2) is 8.42. The summed E-state index contributed by atoms with van der Waals surface area (Å²) in [7, 11) is 0. The van der Waals surface area contributed by atoms with E-state index in [9.17, 15) is 4.79 Å². The van der Waals surface area contributed by atoms with Crippen molar-refractivity contribution in [3.63, 3.8) is 0 Å². The third-order valence-electron chi connectivity index (χ3n) is 3.08. The average Bonchev–Trinajstić information content (AvgIpc) is 2.59. The summed E-state index contributed by atoms with van der Waals surface area (Å²) in [5.41, 5.74) is 2.40. The Balaban J connectivity index is 2.03. The van der Waals surface area contributed by atoms with E-state index in [2.05, 4.69) is 10.6 Å². The van der Waals surface area contributed by atoms with Gasteiger partial charge in [0.2, 0.25) is 0 Å². The van der Waals surface area contributed by atoms with Crippen molar-refractivity contribution >= 4 is 29.0 Å². The fourth-order valence-corrected chi connectivity index (χ4v) is 2.19. The van der Waals surface area contributed by atoms with Gasteiger partial charge in [-0.2, -0.15) is 10.5 Å². The number of rotatable bonds is 5. The van der Waals surface area contributed by atoms with Gasteiger partial charge in [-0.25, -0.2) is 0 Å². The Kier molecular flexibility index (Phi) is 6.01. The van der Waals surface area contributed by atoms with Gasteiger partial charge in [-0.3, -0.25) is 4.79 Å². The average molecular weight is 334 g/mol. The third kappa shape index (κ3) is 4.91. The predicted octanol–water partition coefficient (Wildman–Crippen LogP) is 4.03.